The van der Waals surface area contributed by atoms with Gasteiger partial charge < -0.3 is 15.5 Å². The highest BCUT2D eigenvalue weighted by molar-refractivity contribution is 9.10. The zero-order chi connectivity index (χ0) is 18.7. The number of nitrogens with zero attached hydrogens (tertiary/aromatic N) is 2. The van der Waals surface area contributed by atoms with E-state index in [0.717, 1.165) is 36.0 Å². The van der Waals surface area contributed by atoms with Gasteiger partial charge in [0.05, 0.1) is 6.04 Å². The van der Waals surface area contributed by atoms with Crippen LogP contribution in [0, 0.1) is 13.8 Å². The Hall–Kier alpha value is -0.910. The average Bonchev–Trinajstić information content (AvgIpc) is 2.66. The molecule has 2 aliphatic rings. The third kappa shape index (κ3) is 4.68. The molecule has 144 valence electrons. The summed E-state index contributed by atoms with van der Waals surface area (Å²) < 4.78 is 1.14. The van der Waals surface area contributed by atoms with E-state index in [-0.39, 0.29) is 5.91 Å². The first kappa shape index (κ1) is 19.8. The lowest BCUT2D eigenvalue weighted by molar-refractivity contribution is -0.134. The van der Waals surface area contributed by atoms with E-state index in [1.165, 1.54) is 43.5 Å². The van der Waals surface area contributed by atoms with Gasteiger partial charge in [-0.05, 0) is 75.7 Å². The van der Waals surface area contributed by atoms with Crippen LogP contribution in [0.5, 0.6) is 0 Å². The van der Waals surface area contributed by atoms with Crippen LogP contribution in [0.3, 0.4) is 0 Å². The topological polar surface area (TPSA) is 49.6 Å². The van der Waals surface area contributed by atoms with Gasteiger partial charge in [0.1, 0.15) is 0 Å². The van der Waals surface area contributed by atoms with E-state index in [4.69, 9.17) is 5.73 Å². The first-order chi connectivity index (χ1) is 12.5. The largest absolute Gasteiger partial charge is 0.341 e. The lowest BCUT2D eigenvalue weighted by Crippen LogP contribution is -2.52. The average molecular weight is 422 g/mol. The Morgan fingerprint density at radius 2 is 1.69 bits per heavy atom. The number of rotatable bonds is 4. The molecule has 2 saturated heterocycles. The number of aryl methyl sites for hydroxylation is 2. The van der Waals surface area contributed by atoms with E-state index < -0.39 is 6.04 Å². The minimum atomic E-state index is -0.443. The van der Waals surface area contributed by atoms with Crippen molar-refractivity contribution in [1.29, 1.82) is 0 Å². The lowest BCUT2D eigenvalue weighted by atomic mass is 9.98. The monoisotopic (exact) mass is 421 g/mol. The Morgan fingerprint density at radius 1 is 1.12 bits per heavy atom. The molecule has 0 bridgehead atoms. The van der Waals surface area contributed by atoms with E-state index in [1.54, 1.807) is 0 Å². The van der Waals surface area contributed by atoms with Gasteiger partial charge in [-0.2, -0.15) is 0 Å². The Morgan fingerprint density at radius 3 is 2.27 bits per heavy atom. The van der Waals surface area contributed by atoms with Crippen LogP contribution in [0.25, 0.3) is 0 Å². The molecule has 1 unspecified atom stereocenters. The maximum atomic E-state index is 12.8. The fourth-order valence-electron chi connectivity index (χ4n) is 4.46. The zero-order valence-electron chi connectivity index (χ0n) is 16.1. The molecule has 3 rings (SSSR count). The molecule has 2 heterocycles. The van der Waals surface area contributed by atoms with Crippen LogP contribution in [-0.2, 0) is 11.2 Å². The van der Waals surface area contributed by atoms with Crippen LogP contribution < -0.4 is 5.73 Å². The summed E-state index contributed by atoms with van der Waals surface area (Å²) in [6, 6.07) is 4.48. The van der Waals surface area contributed by atoms with Gasteiger partial charge in [-0.3, -0.25) is 4.79 Å². The predicted molar refractivity (Wildman–Crippen MR) is 110 cm³/mol. The van der Waals surface area contributed by atoms with Gasteiger partial charge in [0.2, 0.25) is 5.91 Å². The van der Waals surface area contributed by atoms with Crippen LogP contribution in [0.15, 0.2) is 16.6 Å². The summed E-state index contributed by atoms with van der Waals surface area (Å²) in [5.74, 6) is 0.111. The number of likely N-dealkylation sites (tertiary alicyclic amines) is 2. The van der Waals surface area contributed by atoms with Gasteiger partial charge in [-0.15, -0.1) is 0 Å². The SMILES string of the molecule is Cc1cc(CC(N)C(=O)N2CCC(N3CCCCC3)CC2)cc(C)c1Br. The molecule has 0 radical (unpaired) electrons. The van der Waals surface area contributed by atoms with Gasteiger partial charge in [0.15, 0.2) is 0 Å². The van der Waals surface area contributed by atoms with Crippen molar-refractivity contribution in [2.45, 2.75) is 64.5 Å². The third-order valence-corrected chi connectivity index (χ3v) is 7.20. The zero-order valence-corrected chi connectivity index (χ0v) is 17.7. The Labute approximate surface area is 166 Å². The minimum Gasteiger partial charge on any atom is -0.341 e. The number of carbonyl (C=O) groups is 1. The van der Waals surface area contributed by atoms with Crippen molar-refractivity contribution in [2.24, 2.45) is 5.73 Å². The fourth-order valence-corrected chi connectivity index (χ4v) is 4.69. The molecule has 0 spiro atoms. The summed E-state index contributed by atoms with van der Waals surface area (Å²) in [4.78, 5) is 17.4. The van der Waals surface area contributed by atoms with Crippen LogP contribution >= 0.6 is 15.9 Å². The van der Waals surface area contributed by atoms with Gasteiger partial charge in [0.25, 0.3) is 0 Å². The van der Waals surface area contributed by atoms with Crippen molar-refractivity contribution in [3.63, 3.8) is 0 Å². The second-order valence-corrected chi connectivity index (χ2v) is 8.80. The first-order valence-corrected chi connectivity index (χ1v) is 10.8. The molecular weight excluding hydrogens is 390 g/mol. The van der Waals surface area contributed by atoms with Crippen molar-refractivity contribution < 1.29 is 4.79 Å². The molecule has 5 heteroatoms. The van der Waals surface area contributed by atoms with Gasteiger partial charge >= 0.3 is 0 Å². The molecule has 26 heavy (non-hydrogen) atoms. The highest BCUT2D eigenvalue weighted by Gasteiger charge is 2.29. The quantitative estimate of drug-likeness (QED) is 0.809. The standard InChI is InChI=1S/C21H32BrN3O/c1-15-12-17(13-16(2)20(15)22)14-19(23)21(26)25-10-6-18(7-11-25)24-8-4-3-5-9-24/h12-13,18-19H,3-11,14,23H2,1-2H3. The Kier molecular flexibility index (Phi) is 6.76. The van der Waals surface area contributed by atoms with Crippen LogP contribution in [0.2, 0.25) is 0 Å². The number of benzene rings is 1. The highest BCUT2D eigenvalue weighted by atomic mass is 79.9. The number of hydrogen-bond donors (Lipinski definition) is 1. The van der Waals surface area contributed by atoms with Crippen LogP contribution in [0.1, 0.15) is 48.8 Å². The molecule has 4 nitrogen and oxygen atoms in total. The minimum absolute atomic E-state index is 0.111. The summed E-state index contributed by atoms with van der Waals surface area (Å²) in [5.41, 5.74) is 9.82. The maximum absolute atomic E-state index is 12.8. The lowest BCUT2D eigenvalue weighted by Gasteiger charge is -2.40. The Balaban J connectivity index is 1.53. The van der Waals surface area contributed by atoms with Crippen LogP contribution in [0.4, 0.5) is 0 Å². The molecule has 0 saturated carbocycles. The summed E-state index contributed by atoms with van der Waals surface area (Å²) >= 11 is 3.60. The second kappa shape index (κ2) is 8.85. The molecule has 1 aromatic rings. The van der Waals surface area contributed by atoms with E-state index >= 15 is 0 Å². The molecule has 2 N–H and O–H groups in total. The van der Waals surface area contributed by atoms with Crippen molar-refractivity contribution >= 4 is 21.8 Å². The fraction of sp³-hybridized carbons (Fsp3) is 0.667. The molecule has 0 aliphatic carbocycles. The molecule has 2 fully saturated rings. The van der Waals surface area contributed by atoms with E-state index in [1.807, 2.05) is 4.90 Å². The summed E-state index contributed by atoms with van der Waals surface area (Å²) in [6.07, 6.45) is 6.83. The molecule has 0 aromatic heterocycles. The number of piperidine rings is 2. The molecule has 1 atom stereocenters. The van der Waals surface area contributed by atoms with Crippen molar-refractivity contribution in [3.05, 3.63) is 33.3 Å². The molecule has 1 aromatic carbocycles. The predicted octanol–water partition coefficient (Wildman–Crippen LogP) is 3.41. The van der Waals surface area contributed by atoms with Crippen molar-refractivity contribution in [1.82, 2.24) is 9.80 Å². The molecular formula is C21H32BrN3O. The summed E-state index contributed by atoms with van der Waals surface area (Å²) in [7, 11) is 0. The van der Waals surface area contributed by atoms with Crippen LogP contribution in [-0.4, -0.2) is 54.0 Å². The number of amides is 1. The highest BCUT2D eigenvalue weighted by Crippen LogP contribution is 2.24. The third-order valence-electron chi connectivity index (χ3n) is 5.95. The smallest absolute Gasteiger partial charge is 0.239 e. The number of nitrogens with two attached hydrogens (primary N) is 1. The number of hydrogen-bond acceptors (Lipinski definition) is 3. The van der Waals surface area contributed by atoms with Gasteiger partial charge in [-0.25, -0.2) is 0 Å². The van der Waals surface area contributed by atoms with Crippen molar-refractivity contribution in [3.8, 4) is 0 Å². The van der Waals surface area contributed by atoms with E-state index in [0.29, 0.717) is 12.5 Å². The van der Waals surface area contributed by atoms with Gasteiger partial charge in [-0.1, -0.05) is 34.5 Å². The summed E-state index contributed by atoms with van der Waals surface area (Å²) in [5, 5.41) is 0. The summed E-state index contributed by atoms with van der Waals surface area (Å²) in [6.45, 7) is 8.34. The molecule has 1 amide bonds. The normalized spacial score (nSPS) is 21.0. The van der Waals surface area contributed by atoms with Crippen molar-refractivity contribution in [2.75, 3.05) is 26.2 Å². The molecule has 2 aliphatic heterocycles. The second-order valence-electron chi connectivity index (χ2n) is 8.01. The maximum Gasteiger partial charge on any atom is 0.239 e. The number of carbonyl (C=O) groups excluding carboxylic acids is 1. The Bertz CT molecular complexity index is 611. The first-order valence-electron chi connectivity index (χ1n) is 9.99. The van der Waals surface area contributed by atoms with E-state index in [9.17, 15) is 4.79 Å². The van der Waals surface area contributed by atoms with Gasteiger partial charge in [0, 0.05) is 23.6 Å². The number of halogens is 1. The van der Waals surface area contributed by atoms with E-state index in [2.05, 4.69) is 46.8 Å².